The number of benzene rings is 1. The molecule has 46 heavy (non-hydrogen) atoms. The number of carbonyl (C=O) groups is 3. The first-order chi connectivity index (χ1) is 22.0. The molecule has 0 spiro atoms. The van der Waals surface area contributed by atoms with Crippen molar-refractivity contribution in [3.8, 4) is 11.6 Å². The van der Waals surface area contributed by atoms with Crippen LogP contribution < -0.4 is 9.47 Å². The molecule has 1 aromatic carbocycles. The van der Waals surface area contributed by atoms with Gasteiger partial charge in [-0.2, -0.15) is 8.78 Å². The number of methoxy groups -OCH3 is 1. The Morgan fingerprint density at radius 2 is 1.85 bits per heavy atom. The Hall–Kier alpha value is -3.41. The van der Waals surface area contributed by atoms with E-state index in [2.05, 4.69) is 9.97 Å². The number of fused-ring (bicyclic) bond motifs is 7. The van der Waals surface area contributed by atoms with Gasteiger partial charge in [-0.05, 0) is 55.6 Å². The third kappa shape index (κ3) is 5.50. The van der Waals surface area contributed by atoms with Crippen LogP contribution in [0.4, 0.5) is 8.78 Å². The van der Waals surface area contributed by atoms with Crippen LogP contribution in [0.5, 0.6) is 11.6 Å². The monoisotopic (exact) mass is 641 g/mol. The van der Waals surface area contributed by atoms with Crippen molar-refractivity contribution < 1.29 is 42.1 Å². The molecule has 2 bridgehead atoms. The molecule has 5 aliphatic rings. The van der Waals surface area contributed by atoms with Gasteiger partial charge in [0.1, 0.15) is 24.2 Å². The van der Waals surface area contributed by atoms with E-state index in [9.17, 15) is 14.4 Å². The van der Waals surface area contributed by atoms with Gasteiger partial charge in [0, 0.05) is 23.8 Å². The summed E-state index contributed by atoms with van der Waals surface area (Å²) in [5, 5.41) is 0. The van der Waals surface area contributed by atoms with Crippen molar-refractivity contribution in [2.75, 3.05) is 26.9 Å². The van der Waals surface area contributed by atoms with Crippen LogP contribution >= 0.6 is 0 Å². The maximum Gasteiger partial charge on any atom is 0.306 e. The van der Waals surface area contributed by atoms with Gasteiger partial charge in [-0.15, -0.1) is 0 Å². The summed E-state index contributed by atoms with van der Waals surface area (Å²) < 4.78 is 55.2. The van der Waals surface area contributed by atoms with Gasteiger partial charge < -0.3 is 28.6 Å². The lowest BCUT2D eigenvalue weighted by atomic mass is 9.72. The number of alkyl halides is 2. The number of ether oxygens (including phenoxy) is 4. The summed E-state index contributed by atoms with van der Waals surface area (Å²) >= 11 is 0. The molecule has 12 heteroatoms. The first-order valence-electron chi connectivity index (χ1n) is 16.4. The topological polar surface area (TPSA) is 117 Å². The van der Waals surface area contributed by atoms with Gasteiger partial charge in [0.15, 0.2) is 5.69 Å². The highest BCUT2D eigenvalue weighted by molar-refractivity contribution is 5.87. The van der Waals surface area contributed by atoms with Gasteiger partial charge in [0.05, 0.1) is 56.3 Å². The number of halogens is 2. The van der Waals surface area contributed by atoms with Gasteiger partial charge >= 0.3 is 5.97 Å². The van der Waals surface area contributed by atoms with E-state index in [0.717, 1.165) is 12.8 Å². The smallest absolute Gasteiger partial charge is 0.306 e. The molecule has 8 atom stereocenters. The fourth-order valence-electron chi connectivity index (χ4n) is 8.21. The number of hydrogen-bond donors (Lipinski definition) is 0. The van der Waals surface area contributed by atoms with Gasteiger partial charge in [-0.3, -0.25) is 9.59 Å². The maximum atomic E-state index is 16.1. The molecular formula is C34H41F2N3O7. The lowest BCUT2D eigenvalue weighted by molar-refractivity contribution is -0.176. The van der Waals surface area contributed by atoms with Crippen molar-refractivity contribution >= 4 is 29.2 Å². The molecule has 2 saturated carbocycles. The van der Waals surface area contributed by atoms with Crippen LogP contribution in [-0.4, -0.2) is 78.1 Å². The van der Waals surface area contributed by atoms with Crippen molar-refractivity contribution in [3.05, 3.63) is 23.9 Å². The van der Waals surface area contributed by atoms with Gasteiger partial charge in [0.2, 0.25) is 11.8 Å². The second-order valence-electron chi connectivity index (χ2n) is 14.3. The second-order valence-corrected chi connectivity index (χ2v) is 14.3. The molecule has 3 aliphatic heterocycles. The third-order valence-corrected chi connectivity index (χ3v) is 11.2. The molecule has 1 amide bonds. The Morgan fingerprint density at radius 1 is 1.04 bits per heavy atom. The molecule has 0 N–H and O–H groups in total. The molecular weight excluding hydrogens is 600 g/mol. The van der Waals surface area contributed by atoms with Crippen molar-refractivity contribution in [2.45, 2.75) is 83.0 Å². The summed E-state index contributed by atoms with van der Waals surface area (Å²) in [6.07, 6.45) is 2.35. The minimum atomic E-state index is -3.35. The predicted molar refractivity (Wildman–Crippen MR) is 160 cm³/mol. The number of rotatable bonds is 3. The fourth-order valence-corrected chi connectivity index (χ4v) is 8.21. The summed E-state index contributed by atoms with van der Waals surface area (Å²) in [4.78, 5) is 50.4. The predicted octanol–water partition coefficient (Wildman–Crippen LogP) is 4.71. The van der Waals surface area contributed by atoms with E-state index in [4.69, 9.17) is 18.9 Å². The Bertz CT molecular complexity index is 1530. The zero-order valence-corrected chi connectivity index (χ0v) is 26.5. The molecule has 4 heterocycles. The standard InChI is InChI=1S/C34H41F2N3O7/c1-18-26(15-40)39-14-28(18)46-31-30(37-24-8-7-20(43-3)12-25(24)38-31)34(35,36)9-5-4-6-21-22-10-19(22)11-27(21)45-29(41)13-23(32(39)42)33(2)16-44-17-33/h7-8,12,15,18-19,21-23,26-28H,4-6,9-11,13-14,16-17H2,1-3H3/t18-,19?,21+,22?,23+,26+,27+,28-/m0/s1. The van der Waals surface area contributed by atoms with E-state index >= 15 is 8.78 Å². The lowest BCUT2D eigenvalue weighted by Gasteiger charge is -2.45. The van der Waals surface area contributed by atoms with Crippen LogP contribution in [0.25, 0.3) is 11.0 Å². The zero-order chi connectivity index (χ0) is 32.4. The van der Waals surface area contributed by atoms with Crippen LogP contribution in [0.3, 0.4) is 0 Å². The van der Waals surface area contributed by atoms with Crippen LogP contribution in [0.2, 0.25) is 0 Å². The Kier molecular flexibility index (Phi) is 7.92. The number of aldehydes is 1. The van der Waals surface area contributed by atoms with Crippen LogP contribution in [0.15, 0.2) is 18.2 Å². The van der Waals surface area contributed by atoms with Gasteiger partial charge in [-0.25, -0.2) is 9.97 Å². The number of carbonyl (C=O) groups excluding carboxylic acids is 3. The highest BCUT2D eigenvalue weighted by Crippen LogP contribution is 2.58. The summed E-state index contributed by atoms with van der Waals surface area (Å²) in [6, 6.07) is 3.95. The molecule has 2 aliphatic carbocycles. The van der Waals surface area contributed by atoms with Gasteiger partial charge in [-0.1, -0.05) is 20.3 Å². The van der Waals surface area contributed by atoms with E-state index in [1.807, 2.05) is 6.92 Å². The van der Waals surface area contributed by atoms with Crippen LogP contribution in [0, 0.1) is 35.0 Å². The normalized spacial score (nSPS) is 35.4. The van der Waals surface area contributed by atoms with Crippen molar-refractivity contribution in [1.29, 1.82) is 0 Å². The average molecular weight is 642 g/mol. The molecule has 248 valence electrons. The summed E-state index contributed by atoms with van der Waals surface area (Å²) in [5.41, 5.74) is -0.564. The average Bonchev–Trinajstić information content (AvgIpc) is 3.59. The fraction of sp³-hybridized carbons (Fsp3) is 0.676. The minimum Gasteiger partial charge on any atom is -0.497 e. The van der Waals surface area contributed by atoms with E-state index in [-0.39, 0.29) is 48.7 Å². The number of esters is 1. The molecule has 10 nitrogen and oxygen atoms in total. The molecule has 7 rings (SSSR count). The third-order valence-electron chi connectivity index (χ3n) is 11.2. The largest absolute Gasteiger partial charge is 0.497 e. The van der Waals surface area contributed by atoms with E-state index < -0.39 is 53.4 Å². The molecule has 1 aromatic heterocycles. The molecule has 2 unspecified atom stereocenters. The number of amides is 1. The second kappa shape index (κ2) is 11.7. The Morgan fingerprint density at radius 3 is 2.57 bits per heavy atom. The van der Waals surface area contributed by atoms with Gasteiger partial charge in [0.25, 0.3) is 5.92 Å². The van der Waals surface area contributed by atoms with E-state index in [1.165, 1.54) is 12.0 Å². The van der Waals surface area contributed by atoms with Crippen molar-refractivity contribution in [1.82, 2.24) is 14.9 Å². The van der Waals surface area contributed by atoms with Crippen molar-refractivity contribution in [2.24, 2.45) is 35.0 Å². The lowest BCUT2D eigenvalue weighted by Crippen LogP contribution is -2.54. The van der Waals surface area contributed by atoms with Crippen LogP contribution in [0.1, 0.15) is 64.5 Å². The Balaban J connectivity index is 1.27. The number of aromatic nitrogens is 2. The minimum absolute atomic E-state index is 0.0389. The molecule has 2 saturated heterocycles. The number of hydrogen-bond acceptors (Lipinski definition) is 9. The quantitative estimate of drug-likeness (QED) is 0.347. The number of nitrogens with zero attached hydrogens (tertiary/aromatic N) is 3. The Labute approximate surface area is 266 Å². The zero-order valence-electron chi connectivity index (χ0n) is 26.5. The SMILES string of the molecule is COc1ccc2nc3c(nc2c1)O[C@H]1CN(C(=O)[C@H](C2(C)COC2)CC(=O)O[C@@H]2CC4CC4[C@H]2CCCCC3(F)F)[C@H](C=O)[C@@H]1C. The first kappa shape index (κ1) is 31.2. The maximum absolute atomic E-state index is 16.1. The summed E-state index contributed by atoms with van der Waals surface area (Å²) in [6.45, 7) is 4.22. The molecule has 0 radical (unpaired) electrons. The van der Waals surface area contributed by atoms with E-state index in [0.29, 0.717) is 55.4 Å². The highest BCUT2D eigenvalue weighted by atomic mass is 19.3. The molecule has 4 fully saturated rings. The summed E-state index contributed by atoms with van der Waals surface area (Å²) in [7, 11) is 1.50. The molecule has 2 aromatic rings. The van der Waals surface area contributed by atoms with E-state index in [1.54, 1.807) is 25.1 Å². The first-order valence-corrected chi connectivity index (χ1v) is 16.4. The highest BCUT2D eigenvalue weighted by Gasteiger charge is 2.56. The summed E-state index contributed by atoms with van der Waals surface area (Å²) in [5.74, 6) is -4.26. The van der Waals surface area contributed by atoms with Crippen molar-refractivity contribution in [3.63, 3.8) is 0 Å². The van der Waals surface area contributed by atoms with Crippen LogP contribution in [-0.2, 0) is 29.8 Å².